The normalized spacial score (nSPS) is 11.4. The van der Waals surface area contributed by atoms with Crippen LogP contribution in [0.4, 0.5) is 5.82 Å². The van der Waals surface area contributed by atoms with Crippen LogP contribution in [0.25, 0.3) is 16.3 Å². The second-order valence-corrected chi connectivity index (χ2v) is 9.99. The third-order valence-corrected chi connectivity index (χ3v) is 7.35. The summed E-state index contributed by atoms with van der Waals surface area (Å²) < 4.78 is 35.8. The van der Waals surface area contributed by atoms with Crippen LogP contribution in [-0.2, 0) is 16.4 Å². The van der Waals surface area contributed by atoms with Crippen LogP contribution in [0.5, 0.6) is 5.75 Å². The Morgan fingerprint density at radius 3 is 2.44 bits per heavy atom. The van der Waals surface area contributed by atoms with Crippen LogP contribution in [0.3, 0.4) is 0 Å². The lowest BCUT2D eigenvalue weighted by Gasteiger charge is -2.11. The van der Waals surface area contributed by atoms with Gasteiger partial charge in [0.2, 0.25) is 0 Å². The molecule has 0 spiro atoms. The van der Waals surface area contributed by atoms with E-state index in [1.165, 1.54) is 0 Å². The molecule has 2 aromatic heterocycles. The van der Waals surface area contributed by atoms with Crippen molar-refractivity contribution in [1.29, 1.82) is 0 Å². The fourth-order valence-electron chi connectivity index (χ4n) is 3.33. The van der Waals surface area contributed by atoms with Gasteiger partial charge in [0, 0.05) is 6.07 Å². The number of ether oxygens (including phenoxy) is 1. The van der Waals surface area contributed by atoms with Crippen LogP contribution in [0.15, 0.2) is 77.0 Å². The van der Waals surface area contributed by atoms with E-state index in [1.807, 2.05) is 53.9 Å². The molecule has 4 aromatic rings. The van der Waals surface area contributed by atoms with E-state index in [2.05, 4.69) is 16.7 Å². The molecule has 0 amide bonds. The molecule has 2 aromatic carbocycles. The number of benzene rings is 2. The van der Waals surface area contributed by atoms with Crippen LogP contribution in [0, 0.1) is 0 Å². The molecule has 0 radical (unpaired) electrons. The maximum atomic E-state index is 13.1. The topological polar surface area (TPSA) is 73.2 Å². The zero-order chi connectivity index (χ0) is 22.6. The van der Waals surface area contributed by atoms with Crippen molar-refractivity contribution in [3.8, 4) is 22.0 Å². The van der Waals surface area contributed by atoms with Gasteiger partial charge in [-0.05, 0) is 66.2 Å². The lowest BCUT2D eigenvalue weighted by Crippen LogP contribution is -2.16. The highest BCUT2D eigenvalue weighted by molar-refractivity contribution is 7.92. The molecule has 1 N–H and O–H groups in total. The minimum Gasteiger partial charge on any atom is -0.497 e. The molecular formula is C24H25N3O3S2. The number of sulfonamides is 1. The Balaban J connectivity index is 1.68. The molecule has 0 bridgehead atoms. The van der Waals surface area contributed by atoms with Crippen molar-refractivity contribution in [2.75, 3.05) is 11.8 Å². The Kier molecular flexibility index (Phi) is 6.62. The van der Waals surface area contributed by atoms with E-state index in [9.17, 15) is 8.42 Å². The first kappa shape index (κ1) is 22.1. The van der Waals surface area contributed by atoms with E-state index in [1.54, 1.807) is 41.3 Å². The fourth-order valence-corrected chi connectivity index (χ4v) is 5.05. The second kappa shape index (κ2) is 9.58. The Bertz CT molecular complexity index is 1260. The van der Waals surface area contributed by atoms with E-state index in [0.717, 1.165) is 35.4 Å². The van der Waals surface area contributed by atoms with Gasteiger partial charge in [-0.25, -0.2) is 13.1 Å². The minimum atomic E-state index is -3.78. The smallest absolute Gasteiger partial charge is 0.263 e. The van der Waals surface area contributed by atoms with E-state index in [0.29, 0.717) is 17.3 Å². The summed E-state index contributed by atoms with van der Waals surface area (Å²) in [5, 5.41) is 6.63. The number of nitrogens with zero attached hydrogens (tertiary/aromatic N) is 2. The van der Waals surface area contributed by atoms with Gasteiger partial charge in [0.25, 0.3) is 10.0 Å². The van der Waals surface area contributed by atoms with Gasteiger partial charge in [-0.3, -0.25) is 4.72 Å². The molecule has 32 heavy (non-hydrogen) atoms. The van der Waals surface area contributed by atoms with Crippen molar-refractivity contribution in [3.63, 3.8) is 0 Å². The first-order chi connectivity index (χ1) is 15.5. The molecule has 0 unspecified atom stereocenters. The monoisotopic (exact) mass is 467 g/mol. The van der Waals surface area contributed by atoms with Crippen molar-refractivity contribution in [1.82, 2.24) is 9.78 Å². The lowest BCUT2D eigenvalue weighted by atomic mass is 10.1. The third-order valence-electron chi connectivity index (χ3n) is 5.09. The molecule has 6 nitrogen and oxygen atoms in total. The van der Waals surface area contributed by atoms with Gasteiger partial charge in [-0.2, -0.15) is 5.10 Å². The van der Waals surface area contributed by atoms with Gasteiger partial charge in [-0.15, -0.1) is 11.3 Å². The quantitative estimate of drug-likeness (QED) is 0.340. The van der Waals surface area contributed by atoms with Gasteiger partial charge < -0.3 is 4.74 Å². The average molecular weight is 468 g/mol. The van der Waals surface area contributed by atoms with Gasteiger partial charge >= 0.3 is 0 Å². The number of anilines is 1. The molecular weight excluding hydrogens is 442 g/mol. The minimum absolute atomic E-state index is 0.220. The number of aromatic nitrogens is 2. The zero-order valence-electron chi connectivity index (χ0n) is 18.0. The fraction of sp³-hybridized carbons (Fsp3) is 0.208. The predicted octanol–water partition coefficient (Wildman–Crippen LogP) is 5.75. The SMILES string of the molecule is CCCCc1ccc(S(=O)(=O)Nc2cc(-c3cccs3)nn2-c2ccc(OC)cc2)cc1. The number of hydrogen-bond donors (Lipinski definition) is 1. The van der Waals surface area contributed by atoms with Crippen molar-refractivity contribution in [2.24, 2.45) is 0 Å². The molecule has 0 atom stereocenters. The molecule has 4 rings (SSSR count). The molecule has 0 saturated carbocycles. The zero-order valence-corrected chi connectivity index (χ0v) is 19.6. The molecule has 0 fully saturated rings. The van der Waals surface area contributed by atoms with E-state index < -0.39 is 10.0 Å². The van der Waals surface area contributed by atoms with Crippen molar-refractivity contribution in [3.05, 3.63) is 77.7 Å². The van der Waals surface area contributed by atoms with Gasteiger partial charge in [0.15, 0.2) is 0 Å². The first-order valence-electron chi connectivity index (χ1n) is 10.4. The molecule has 0 aliphatic rings. The van der Waals surface area contributed by atoms with Crippen molar-refractivity contribution >= 4 is 27.2 Å². The van der Waals surface area contributed by atoms with Crippen molar-refractivity contribution in [2.45, 2.75) is 31.1 Å². The summed E-state index contributed by atoms with van der Waals surface area (Å²) in [5.74, 6) is 1.08. The number of hydrogen-bond acceptors (Lipinski definition) is 5. The maximum Gasteiger partial charge on any atom is 0.263 e. The first-order valence-corrected chi connectivity index (χ1v) is 12.8. The number of rotatable bonds is 9. The van der Waals surface area contributed by atoms with Gasteiger partial charge in [-0.1, -0.05) is 31.5 Å². The Morgan fingerprint density at radius 1 is 1.06 bits per heavy atom. The summed E-state index contributed by atoms with van der Waals surface area (Å²) in [4.78, 5) is 1.18. The molecule has 166 valence electrons. The van der Waals surface area contributed by atoms with Crippen LogP contribution in [0.2, 0.25) is 0 Å². The Labute approximate surface area is 192 Å². The molecule has 0 aliphatic heterocycles. The highest BCUT2D eigenvalue weighted by Crippen LogP contribution is 2.30. The summed E-state index contributed by atoms with van der Waals surface area (Å²) in [6.07, 6.45) is 3.12. The van der Waals surface area contributed by atoms with E-state index >= 15 is 0 Å². The number of nitrogens with one attached hydrogen (secondary N) is 1. The maximum absolute atomic E-state index is 13.1. The van der Waals surface area contributed by atoms with Gasteiger partial charge in [0.05, 0.1) is 22.6 Å². The van der Waals surface area contributed by atoms with Crippen LogP contribution < -0.4 is 9.46 Å². The highest BCUT2D eigenvalue weighted by Gasteiger charge is 2.20. The highest BCUT2D eigenvalue weighted by atomic mass is 32.2. The summed E-state index contributed by atoms with van der Waals surface area (Å²) in [5.41, 5.74) is 2.55. The molecule has 8 heteroatoms. The number of thiophene rings is 1. The van der Waals surface area contributed by atoms with Crippen LogP contribution in [-0.4, -0.2) is 25.3 Å². The second-order valence-electron chi connectivity index (χ2n) is 7.35. The summed E-state index contributed by atoms with van der Waals surface area (Å²) in [6, 6.07) is 20.0. The summed E-state index contributed by atoms with van der Waals surface area (Å²) in [6.45, 7) is 2.14. The van der Waals surface area contributed by atoms with Gasteiger partial charge in [0.1, 0.15) is 17.3 Å². The molecule has 2 heterocycles. The van der Waals surface area contributed by atoms with E-state index in [-0.39, 0.29) is 4.90 Å². The Morgan fingerprint density at radius 2 is 1.81 bits per heavy atom. The van der Waals surface area contributed by atoms with Crippen LogP contribution in [0.1, 0.15) is 25.3 Å². The molecule has 0 saturated heterocycles. The van der Waals surface area contributed by atoms with Crippen molar-refractivity contribution < 1.29 is 13.2 Å². The average Bonchev–Trinajstić information content (AvgIpc) is 3.48. The third kappa shape index (κ3) is 4.87. The lowest BCUT2D eigenvalue weighted by molar-refractivity contribution is 0.414. The van der Waals surface area contributed by atoms with E-state index in [4.69, 9.17) is 4.74 Å². The molecule has 0 aliphatic carbocycles. The Hall–Kier alpha value is -3.10. The number of methoxy groups -OCH3 is 1. The largest absolute Gasteiger partial charge is 0.497 e. The standard InChI is InChI=1S/C24H25N3O3S2/c1-3-4-6-18-8-14-21(15-9-18)32(28,29)26-24-17-22(23-7-5-16-31-23)25-27(24)19-10-12-20(30-2)13-11-19/h5,7-17,26H,3-4,6H2,1-2H3. The van der Waals surface area contributed by atoms with Crippen LogP contribution >= 0.6 is 11.3 Å². The number of aryl methyl sites for hydroxylation is 1. The predicted molar refractivity (Wildman–Crippen MR) is 129 cm³/mol. The summed E-state index contributed by atoms with van der Waals surface area (Å²) in [7, 11) is -2.18. The number of unbranched alkanes of at least 4 members (excludes halogenated alkanes) is 1. The summed E-state index contributed by atoms with van der Waals surface area (Å²) >= 11 is 1.55.